The third kappa shape index (κ3) is 8.97. The fraction of sp³-hybridized carbons (Fsp3) is 0.400. The summed E-state index contributed by atoms with van der Waals surface area (Å²) in [7, 11) is 0.307. The van der Waals surface area contributed by atoms with Crippen LogP contribution in [-0.4, -0.2) is 50.1 Å². The number of Topliss-reactive ketones (excluding diaryl/α,β-unsaturated/α-hetero) is 1. The van der Waals surface area contributed by atoms with Crippen LogP contribution in [0, 0.1) is 5.92 Å². The van der Waals surface area contributed by atoms with Gasteiger partial charge in [-0.05, 0) is 36.0 Å². The number of amides is 4. The highest BCUT2D eigenvalue weighted by Crippen LogP contribution is 2.15. The number of carbonyl (C=O) groups excluding carboxylic acids is 4. The minimum atomic E-state index is -1.14. The molecule has 35 heavy (non-hydrogen) atoms. The van der Waals surface area contributed by atoms with E-state index in [1.54, 1.807) is 31.5 Å². The van der Waals surface area contributed by atoms with E-state index in [9.17, 15) is 19.2 Å². The molecule has 0 radical (unpaired) electrons. The number of nitrogens with zero attached hydrogens (tertiary/aromatic N) is 1. The summed E-state index contributed by atoms with van der Waals surface area (Å²) >= 11 is 0. The lowest BCUT2D eigenvalue weighted by molar-refractivity contribution is -0.140. The van der Waals surface area contributed by atoms with E-state index < -0.39 is 34.8 Å². The first kappa shape index (κ1) is 27.7. The number of rotatable bonds is 12. The summed E-state index contributed by atoms with van der Waals surface area (Å²) in [6.07, 6.45) is 3.86. The first-order valence-corrected chi connectivity index (χ1v) is 12.8. The number of aromatic nitrogens is 1. The van der Waals surface area contributed by atoms with Crippen LogP contribution in [-0.2, 0) is 27.5 Å². The molecule has 1 unspecified atom stereocenters. The first-order valence-electron chi connectivity index (χ1n) is 11.8. The molecule has 0 aliphatic carbocycles. The highest BCUT2D eigenvalue weighted by atomic mass is 28.1. The number of nitrogens with one attached hydrogen (secondary N) is 4. The van der Waals surface area contributed by atoms with Gasteiger partial charge in [-0.3, -0.25) is 19.4 Å². The molecule has 1 heterocycles. The molecule has 4 amide bonds. The van der Waals surface area contributed by atoms with Crippen LogP contribution in [0.2, 0.25) is 0 Å². The molecule has 1 aromatic carbocycles. The van der Waals surface area contributed by atoms with Gasteiger partial charge in [0.05, 0.1) is 11.2 Å². The molecular formula is C25H35N5O4Si. The third-order valence-corrected chi connectivity index (χ3v) is 6.55. The molecule has 188 valence electrons. The molecule has 2 atom stereocenters. The summed E-state index contributed by atoms with van der Waals surface area (Å²) in [4.78, 5) is 55.0. The zero-order valence-electron chi connectivity index (χ0n) is 20.8. The van der Waals surface area contributed by atoms with E-state index in [4.69, 9.17) is 0 Å². The average molecular weight is 498 g/mol. The van der Waals surface area contributed by atoms with Gasteiger partial charge in [0.15, 0.2) is 0 Å². The Hall–Kier alpha value is -3.53. The summed E-state index contributed by atoms with van der Waals surface area (Å²) in [6, 6.07) is 11.5. The maximum Gasteiger partial charge on any atom is 0.315 e. The SMILES string of the molecule is CCC(NC(=O)[C@@]([SiH3])(CC(C)C)NC(=O)NCc1ccccc1)C(=O)C(=O)NCc1cccnc1. The number of pyridine rings is 1. The lowest BCUT2D eigenvalue weighted by Crippen LogP contribution is -2.64. The largest absolute Gasteiger partial charge is 0.345 e. The van der Waals surface area contributed by atoms with Crippen molar-refractivity contribution in [2.24, 2.45) is 5.92 Å². The van der Waals surface area contributed by atoms with Crippen molar-refractivity contribution in [1.29, 1.82) is 0 Å². The molecule has 0 bridgehead atoms. The Bertz CT molecular complexity index is 1000. The Morgan fingerprint density at radius 1 is 0.971 bits per heavy atom. The predicted octanol–water partition coefficient (Wildman–Crippen LogP) is 0.769. The lowest BCUT2D eigenvalue weighted by atomic mass is 10.0. The van der Waals surface area contributed by atoms with E-state index in [0.717, 1.165) is 11.1 Å². The van der Waals surface area contributed by atoms with Crippen molar-refractivity contribution in [2.45, 2.75) is 57.9 Å². The molecule has 0 spiro atoms. The fourth-order valence-electron chi connectivity index (χ4n) is 3.69. The number of carbonyl (C=O) groups is 4. The van der Waals surface area contributed by atoms with Crippen LogP contribution in [0.4, 0.5) is 4.79 Å². The van der Waals surface area contributed by atoms with Gasteiger partial charge in [-0.15, -0.1) is 0 Å². The molecule has 0 saturated heterocycles. The number of hydrogen-bond acceptors (Lipinski definition) is 5. The average Bonchev–Trinajstić information content (AvgIpc) is 2.84. The van der Waals surface area contributed by atoms with Gasteiger partial charge in [-0.2, -0.15) is 0 Å². The molecule has 9 nitrogen and oxygen atoms in total. The van der Waals surface area contributed by atoms with Gasteiger partial charge in [0.2, 0.25) is 11.7 Å². The second kappa shape index (κ2) is 13.4. The molecule has 2 rings (SSSR count). The zero-order valence-corrected chi connectivity index (χ0v) is 22.8. The van der Waals surface area contributed by atoms with Crippen LogP contribution < -0.4 is 21.3 Å². The molecular weight excluding hydrogens is 462 g/mol. The summed E-state index contributed by atoms with van der Waals surface area (Å²) in [5.74, 6) is -1.86. The van der Waals surface area contributed by atoms with Crippen molar-refractivity contribution < 1.29 is 19.2 Å². The van der Waals surface area contributed by atoms with Gasteiger partial charge in [0.25, 0.3) is 5.91 Å². The highest BCUT2D eigenvalue weighted by molar-refractivity contribution is 6.39. The molecule has 4 N–H and O–H groups in total. The van der Waals surface area contributed by atoms with Gasteiger partial charge in [0.1, 0.15) is 0 Å². The minimum absolute atomic E-state index is 0.117. The molecule has 0 aliphatic heterocycles. The minimum Gasteiger partial charge on any atom is -0.345 e. The fourth-order valence-corrected chi connectivity index (χ4v) is 4.88. The summed E-state index contributed by atoms with van der Waals surface area (Å²) < 4.78 is 0. The van der Waals surface area contributed by atoms with Crippen LogP contribution >= 0.6 is 0 Å². The van der Waals surface area contributed by atoms with E-state index in [1.807, 2.05) is 44.2 Å². The normalized spacial score (nSPS) is 13.4. The quantitative estimate of drug-likeness (QED) is 0.254. The van der Waals surface area contributed by atoms with Crippen LogP contribution in [0.5, 0.6) is 0 Å². The number of hydrogen-bond donors (Lipinski definition) is 4. The van der Waals surface area contributed by atoms with Gasteiger partial charge in [-0.25, -0.2) is 4.79 Å². The molecule has 0 fully saturated rings. The molecule has 10 heteroatoms. The summed E-state index contributed by atoms with van der Waals surface area (Å²) in [5, 5.41) is 9.73. The monoisotopic (exact) mass is 497 g/mol. The van der Waals surface area contributed by atoms with E-state index in [2.05, 4.69) is 26.3 Å². The van der Waals surface area contributed by atoms with Crippen molar-refractivity contribution in [2.75, 3.05) is 0 Å². The highest BCUT2D eigenvalue weighted by Gasteiger charge is 2.38. The smallest absolute Gasteiger partial charge is 0.315 e. The van der Waals surface area contributed by atoms with Crippen LogP contribution in [0.1, 0.15) is 44.7 Å². The van der Waals surface area contributed by atoms with Gasteiger partial charge >= 0.3 is 6.03 Å². The van der Waals surface area contributed by atoms with Gasteiger partial charge < -0.3 is 21.3 Å². The van der Waals surface area contributed by atoms with Crippen molar-refractivity contribution >= 4 is 33.9 Å². The Balaban J connectivity index is 2.01. The maximum atomic E-state index is 13.3. The van der Waals surface area contributed by atoms with Gasteiger partial charge in [0, 0.05) is 35.7 Å². The Morgan fingerprint density at radius 3 is 2.23 bits per heavy atom. The lowest BCUT2D eigenvalue weighted by Gasteiger charge is -2.33. The van der Waals surface area contributed by atoms with Crippen LogP contribution in [0.3, 0.4) is 0 Å². The summed E-state index contributed by atoms with van der Waals surface area (Å²) in [5.41, 5.74) is 1.69. The second-order valence-corrected chi connectivity index (χ2v) is 10.8. The van der Waals surface area contributed by atoms with Crippen molar-refractivity contribution in [1.82, 2.24) is 26.3 Å². The van der Waals surface area contributed by atoms with E-state index >= 15 is 0 Å². The van der Waals surface area contributed by atoms with Crippen molar-refractivity contribution in [3.63, 3.8) is 0 Å². The zero-order chi connectivity index (χ0) is 25.8. The molecule has 2 aromatic rings. The van der Waals surface area contributed by atoms with Crippen molar-refractivity contribution in [3.05, 3.63) is 66.0 Å². The number of benzene rings is 1. The molecule has 0 aliphatic rings. The van der Waals surface area contributed by atoms with E-state index in [1.165, 1.54) is 0 Å². The third-order valence-electron chi connectivity index (χ3n) is 5.43. The standard InChI is InChI=1S/C25H35N5O4Si/c1-4-20(21(31)22(32)27-16-19-11-8-12-26-14-19)29-23(33)25(35,13-17(2)3)30-24(34)28-15-18-9-6-5-7-10-18/h5-12,14,17,20H,4,13,15-16H2,1-3,35H3,(H,27,32)(H,29,33)(H2,28,30,34)/t20?,25-/m0/s1. The second-order valence-electron chi connectivity index (χ2n) is 9.07. The van der Waals surface area contributed by atoms with Gasteiger partial charge in [-0.1, -0.05) is 57.2 Å². The van der Waals surface area contributed by atoms with Crippen LogP contribution in [0.25, 0.3) is 0 Å². The predicted molar refractivity (Wildman–Crippen MR) is 137 cm³/mol. The Morgan fingerprint density at radius 2 is 1.63 bits per heavy atom. The van der Waals surface area contributed by atoms with E-state index in [-0.39, 0.29) is 18.9 Å². The number of urea groups is 1. The maximum absolute atomic E-state index is 13.3. The van der Waals surface area contributed by atoms with E-state index in [0.29, 0.717) is 23.2 Å². The summed E-state index contributed by atoms with van der Waals surface area (Å²) in [6.45, 7) is 6.11. The van der Waals surface area contributed by atoms with Crippen LogP contribution in [0.15, 0.2) is 54.9 Å². The molecule has 0 saturated carbocycles. The topological polar surface area (TPSA) is 129 Å². The molecule has 1 aromatic heterocycles. The Labute approximate surface area is 209 Å². The first-order chi connectivity index (χ1) is 16.6. The Kier molecular flexibility index (Phi) is 10.6. The van der Waals surface area contributed by atoms with Crippen molar-refractivity contribution in [3.8, 4) is 0 Å². The number of ketones is 1.